The Morgan fingerprint density at radius 3 is 2.73 bits per heavy atom. The Morgan fingerprint density at radius 1 is 1.15 bits per heavy atom. The van der Waals surface area contributed by atoms with E-state index in [1.54, 1.807) is 18.2 Å². The second-order valence-corrected chi connectivity index (χ2v) is 5.59. The van der Waals surface area contributed by atoms with E-state index in [1.807, 2.05) is 19.9 Å². The lowest BCUT2D eigenvalue weighted by Crippen LogP contribution is -2.15. The van der Waals surface area contributed by atoms with Gasteiger partial charge in [-0.15, -0.1) is 0 Å². The molecule has 0 saturated heterocycles. The fraction of sp³-hybridized carbons (Fsp3) is 0.158. The number of hydrogen-bond acceptors (Lipinski definition) is 5. The third-order valence-corrected chi connectivity index (χ3v) is 3.49. The maximum atomic E-state index is 13.3. The van der Waals surface area contributed by atoms with Crippen LogP contribution in [0.1, 0.15) is 28.8 Å². The number of aromatic nitrogens is 3. The zero-order valence-corrected chi connectivity index (χ0v) is 14.4. The van der Waals surface area contributed by atoms with Crippen LogP contribution in [0.3, 0.4) is 0 Å². The van der Waals surface area contributed by atoms with Crippen LogP contribution in [0.5, 0.6) is 11.5 Å². The summed E-state index contributed by atoms with van der Waals surface area (Å²) in [5.74, 6) is 0.156. The number of nitrogens with one attached hydrogen (secondary N) is 1. The number of halogens is 1. The highest BCUT2D eigenvalue weighted by molar-refractivity contribution is 6.02. The topological polar surface area (TPSA) is 77.0 Å². The van der Waals surface area contributed by atoms with Crippen LogP contribution in [0.2, 0.25) is 0 Å². The standard InChI is InChI=1S/C19H17FN4O2/c1-3-14-8-15(26-16-7-13(20)10-21-11-16)9-17(23-14)19(25)24-18-6-4-5-12(2)22-18/h4-11H,3H2,1-2H3,(H,22,24,25). The van der Waals surface area contributed by atoms with E-state index in [2.05, 4.69) is 20.3 Å². The number of hydrogen-bond donors (Lipinski definition) is 1. The minimum atomic E-state index is -0.504. The van der Waals surface area contributed by atoms with E-state index in [-0.39, 0.29) is 11.4 Å². The summed E-state index contributed by atoms with van der Waals surface area (Å²) >= 11 is 0. The molecule has 0 bridgehead atoms. The molecule has 0 spiro atoms. The van der Waals surface area contributed by atoms with E-state index >= 15 is 0 Å². The summed E-state index contributed by atoms with van der Waals surface area (Å²) in [4.78, 5) is 24.8. The molecule has 132 valence electrons. The summed E-state index contributed by atoms with van der Waals surface area (Å²) in [5.41, 5.74) is 1.65. The Kier molecular flexibility index (Phi) is 5.17. The van der Waals surface area contributed by atoms with Crippen LogP contribution in [0.15, 0.2) is 48.8 Å². The summed E-state index contributed by atoms with van der Waals surface area (Å²) in [6.07, 6.45) is 3.09. The summed E-state index contributed by atoms with van der Waals surface area (Å²) in [7, 11) is 0. The normalized spacial score (nSPS) is 10.4. The van der Waals surface area contributed by atoms with Crippen molar-refractivity contribution in [2.45, 2.75) is 20.3 Å². The number of amides is 1. The molecule has 3 aromatic rings. The van der Waals surface area contributed by atoms with Crippen LogP contribution in [0.25, 0.3) is 0 Å². The predicted octanol–water partition coefficient (Wildman–Crippen LogP) is 3.93. The number of anilines is 1. The molecule has 1 amide bonds. The third-order valence-electron chi connectivity index (χ3n) is 3.49. The van der Waals surface area contributed by atoms with Gasteiger partial charge in [-0.05, 0) is 25.5 Å². The van der Waals surface area contributed by atoms with Gasteiger partial charge in [0.25, 0.3) is 5.91 Å². The van der Waals surface area contributed by atoms with Crippen molar-refractivity contribution in [2.75, 3.05) is 5.32 Å². The van der Waals surface area contributed by atoms with Gasteiger partial charge >= 0.3 is 0 Å². The average molecular weight is 352 g/mol. The molecule has 0 saturated carbocycles. The van der Waals surface area contributed by atoms with E-state index in [0.29, 0.717) is 23.7 Å². The van der Waals surface area contributed by atoms with Gasteiger partial charge in [0.2, 0.25) is 0 Å². The molecule has 0 atom stereocenters. The number of carbonyl (C=O) groups is 1. The highest BCUT2D eigenvalue weighted by Gasteiger charge is 2.13. The van der Waals surface area contributed by atoms with Crippen molar-refractivity contribution < 1.29 is 13.9 Å². The lowest BCUT2D eigenvalue weighted by atomic mass is 10.2. The van der Waals surface area contributed by atoms with Crippen molar-refractivity contribution in [3.8, 4) is 11.5 Å². The molecule has 3 rings (SSSR count). The van der Waals surface area contributed by atoms with E-state index in [9.17, 15) is 9.18 Å². The lowest BCUT2D eigenvalue weighted by molar-refractivity contribution is 0.102. The van der Waals surface area contributed by atoms with Crippen LogP contribution in [0.4, 0.5) is 10.2 Å². The van der Waals surface area contributed by atoms with Gasteiger partial charge in [0.1, 0.15) is 28.8 Å². The molecule has 0 aromatic carbocycles. The monoisotopic (exact) mass is 352 g/mol. The molecule has 0 aliphatic heterocycles. The predicted molar refractivity (Wildman–Crippen MR) is 94.8 cm³/mol. The van der Waals surface area contributed by atoms with Gasteiger partial charge in [-0.25, -0.2) is 14.4 Å². The van der Waals surface area contributed by atoms with Crippen LogP contribution in [-0.2, 0) is 6.42 Å². The van der Waals surface area contributed by atoms with Crippen molar-refractivity contribution in [2.24, 2.45) is 0 Å². The Morgan fingerprint density at radius 2 is 2.00 bits per heavy atom. The summed E-state index contributed by atoms with van der Waals surface area (Å²) in [6.45, 7) is 3.75. The zero-order valence-electron chi connectivity index (χ0n) is 14.4. The number of aryl methyl sites for hydroxylation is 2. The van der Waals surface area contributed by atoms with E-state index in [1.165, 1.54) is 18.3 Å². The highest BCUT2D eigenvalue weighted by atomic mass is 19.1. The molecule has 0 aliphatic rings. The first-order chi connectivity index (χ1) is 12.5. The Hall–Kier alpha value is -3.35. The van der Waals surface area contributed by atoms with Crippen LogP contribution in [0, 0.1) is 12.7 Å². The summed E-state index contributed by atoms with van der Waals surface area (Å²) < 4.78 is 18.9. The largest absolute Gasteiger partial charge is 0.455 e. The smallest absolute Gasteiger partial charge is 0.275 e. The molecule has 0 fully saturated rings. The first-order valence-corrected chi connectivity index (χ1v) is 8.08. The molecular weight excluding hydrogens is 335 g/mol. The molecule has 6 nitrogen and oxygen atoms in total. The van der Waals surface area contributed by atoms with Crippen molar-refractivity contribution >= 4 is 11.7 Å². The van der Waals surface area contributed by atoms with E-state index in [0.717, 1.165) is 11.9 Å². The average Bonchev–Trinajstić information content (AvgIpc) is 2.61. The zero-order chi connectivity index (χ0) is 18.5. The molecule has 26 heavy (non-hydrogen) atoms. The molecule has 0 radical (unpaired) electrons. The van der Waals surface area contributed by atoms with E-state index in [4.69, 9.17) is 4.74 Å². The van der Waals surface area contributed by atoms with Crippen molar-refractivity contribution in [3.05, 3.63) is 71.7 Å². The minimum Gasteiger partial charge on any atom is -0.455 e. The number of carbonyl (C=O) groups excluding carboxylic acids is 1. The second-order valence-electron chi connectivity index (χ2n) is 5.59. The van der Waals surface area contributed by atoms with Gasteiger partial charge in [0, 0.05) is 29.6 Å². The molecular formula is C19H17FN4O2. The molecule has 0 unspecified atom stereocenters. The van der Waals surface area contributed by atoms with Crippen molar-refractivity contribution in [1.29, 1.82) is 0 Å². The van der Waals surface area contributed by atoms with Gasteiger partial charge in [-0.2, -0.15) is 0 Å². The van der Waals surface area contributed by atoms with Crippen LogP contribution >= 0.6 is 0 Å². The van der Waals surface area contributed by atoms with Crippen molar-refractivity contribution in [1.82, 2.24) is 15.0 Å². The quantitative estimate of drug-likeness (QED) is 0.753. The highest BCUT2D eigenvalue weighted by Crippen LogP contribution is 2.23. The number of rotatable bonds is 5. The van der Waals surface area contributed by atoms with Gasteiger partial charge in [-0.1, -0.05) is 13.0 Å². The maximum absolute atomic E-state index is 13.3. The Labute approximate surface area is 150 Å². The lowest BCUT2D eigenvalue weighted by Gasteiger charge is -2.10. The van der Waals surface area contributed by atoms with E-state index < -0.39 is 11.7 Å². The summed E-state index contributed by atoms with van der Waals surface area (Å²) in [6, 6.07) is 9.76. The summed E-state index contributed by atoms with van der Waals surface area (Å²) in [5, 5.41) is 2.71. The van der Waals surface area contributed by atoms with Crippen LogP contribution < -0.4 is 10.1 Å². The van der Waals surface area contributed by atoms with Crippen molar-refractivity contribution in [3.63, 3.8) is 0 Å². The fourth-order valence-corrected chi connectivity index (χ4v) is 2.29. The minimum absolute atomic E-state index is 0.187. The van der Waals surface area contributed by atoms with Gasteiger partial charge in [0.15, 0.2) is 0 Å². The number of pyridine rings is 3. The van der Waals surface area contributed by atoms with Gasteiger partial charge in [-0.3, -0.25) is 9.78 Å². The third kappa shape index (κ3) is 4.38. The fourth-order valence-electron chi connectivity index (χ4n) is 2.29. The number of ether oxygens (including phenoxy) is 1. The second kappa shape index (κ2) is 7.69. The van der Waals surface area contributed by atoms with Gasteiger partial charge in [0.05, 0.1) is 12.4 Å². The molecule has 0 aliphatic carbocycles. The molecule has 3 aromatic heterocycles. The SMILES string of the molecule is CCc1cc(Oc2cncc(F)c2)cc(C(=O)Nc2cccc(C)n2)n1. The molecule has 1 N–H and O–H groups in total. The molecule has 7 heteroatoms. The number of nitrogens with zero attached hydrogens (tertiary/aromatic N) is 3. The Balaban J connectivity index is 1.85. The molecule has 3 heterocycles. The van der Waals surface area contributed by atoms with Crippen LogP contribution in [-0.4, -0.2) is 20.9 Å². The van der Waals surface area contributed by atoms with Gasteiger partial charge < -0.3 is 10.1 Å². The first-order valence-electron chi connectivity index (χ1n) is 8.08. The first kappa shape index (κ1) is 17.5. The maximum Gasteiger partial charge on any atom is 0.275 e. The Bertz CT molecular complexity index is 946.